The number of carboxylic acid groups (broad SMARTS) is 1. The van der Waals surface area contributed by atoms with Crippen LogP contribution in [0.1, 0.15) is 37.8 Å². The van der Waals surface area contributed by atoms with Crippen LogP contribution in [-0.2, 0) is 4.79 Å². The zero-order chi connectivity index (χ0) is 21.3. The van der Waals surface area contributed by atoms with Gasteiger partial charge in [0.2, 0.25) is 0 Å². The average molecular weight is 325 g/mol. The van der Waals surface area contributed by atoms with Crippen molar-refractivity contribution in [3.63, 3.8) is 0 Å². The lowest BCUT2D eigenvalue weighted by atomic mass is 10.0. The second-order valence-electron chi connectivity index (χ2n) is 4.42. The van der Waals surface area contributed by atoms with E-state index in [0.29, 0.717) is 0 Å². The minimum atomic E-state index is -3.49. The highest BCUT2D eigenvalue weighted by atomic mass is 35.5. The number of rotatable bonds is 5. The van der Waals surface area contributed by atoms with Gasteiger partial charge in [-0.15, -0.1) is 0 Å². The van der Waals surface area contributed by atoms with E-state index in [-0.39, 0.29) is 21.9 Å². The van der Waals surface area contributed by atoms with Gasteiger partial charge in [-0.25, -0.2) is 4.79 Å². The molecule has 0 bridgehead atoms. The first kappa shape index (κ1) is 9.64. The Morgan fingerprint density at radius 1 is 1.14 bits per heavy atom. The molecule has 0 aliphatic heterocycles. The van der Waals surface area contributed by atoms with Crippen LogP contribution < -0.4 is 4.74 Å². The van der Waals surface area contributed by atoms with E-state index in [1.807, 2.05) is 0 Å². The maximum Gasteiger partial charge on any atom is 0.347 e. The molecule has 0 aromatic heterocycles. The summed E-state index contributed by atoms with van der Waals surface area (Å²) < 4.78 is 49.5. The maximum atomic E-state index is 12.5. The van der Waals surface area contributed by atoms with Gasteiger partial charge in [0.1, 0.15) is 5.75 Å². The molecule has 0 heterocycles. The standard InChI is InChI=1S/C17H15ClO4/c1-17(2,16(20)21)22-12-9-7-11(8-10-12)15(19)13-5-3-4-6-14(13)18/h3-10H,1-2H3,(H,20,21)/i1D3,2D3. The number of benzene rings is 2. The fraction of sp³-hybridized carbons (Fsp3) is 0.176. The Bertz CT molecular complexity index is 876. The molecule has 0 amide bonds. The lowest BCUT2D eigenvalue weighted by Gasteiger charge is -2.21. The summed E-state index contributed by atoms with van der Waals surface area (Å²) in [5.41, 5.74) is -3.05. The molecule has 1 N–H and O–H groups in total. The van der Waals surface area contributed by atoms with Crippen molar-refractivity contribution in [1.82, 2.24) is 0 Å². The normalized spacial score (nSPS) is 16.2. The van der Waals surface area contributed by atoms with Crippen LogP contribution in [0.3, 0.4) is 0 Å². The fourth-order valence-corrected chi connectivity index (χ4v) is 1.92. The lowest BCUT2D eigenvalue weighted by molar-refractivity contribution is -0.152. The molecule has 114 valence electrons. The minimum absolute atomic E-state index is 0.171. The Morgan fingerprint density at radius 2 is 1.77 bits per heavy atom. The molecule has 4 nitrogen and oxygen atoms in total. The number of carboxylic acids is 1. The van der Waals surface area contributed by atoms with Crippen LogP contribution in [0, 0.1) is 0 Å². The molecular formula is C17H15ClO4. The Morgan fingerprint density at radius 3 is 2.32 bits per heavy atom. The first-order chi connectivity index (χ1) is 12.8. The van der Waals surface area contributed by atoms with Gasteiger partial charge in [0, 0.05) is 19.4 Å². The smallest absolute Gasteiger partial charge is 0.347 e. The molecule has 22 heavy (non-hydrogen) atoms. The second-order valence-corrected chi connectivity index (χ2v) is 4.83. The SMILES string of the molecule is [2H]C([2H])([2H])C(Oc1ccc(C(=O)c2ccccc2Cl)cc1)(C(=O)O)C([2H])([2H])[2H]. The number of ether oxygens (including phenoxy) is 1. The van der Waals surface area contributed by atoms with Crippen LogP contribution >= 0.6 is 11.6 Å². The molecule has 2 aromatic rings. The Hall–Kier alpha value is -2.33. The van der Waals surface area contributed by atoms with E-state index >= 15 is 0 Å². The molecule has 0 radical (unpaired) electrons. The summed E-state index contributed by atoms with van der Waals surface area (Å²) in [6, 6.07) is 11.1. The number of ketones is 1. The van der Waals surface area contributed by atoms with Crippen molar-refractivity contribution in [2.75, 3.05) is 0 Å². The van der Waals surface area contributed by atoms with Crippen LogP contribution in [0.25, 0.3) is 0 Å². The monoisotopic (exact) mass is 324 g/mol. The van der Waals surface area contributed by atoms with Crippen LogP contribution in [0.2, 0.25) is 5.02 Å². The Balaban J connectivity index is 2.40. The number of hydrogen-bond donors (Lipinski definition) is 1. The van der Waals surface area contributed by atoms with Gasteiger partial charge in [0.05, 0.1) is 5.02 Å². The summed E-state index contributed by atoms with van der Waals surface area (Å²) in [5.74, 6) is -2.90. The molecule has 2 aromatic carbocycles. The quantitative estimate of drug-likeness (QED) is 0.849. The summed E-state index contributed by atoms with van der Waals surface area (Å²) in [5, 5.41) is 9.60. The van der Waals surface area contributed by atoms with E-state index in [1.165, 1.54) is 18.2 Å². The topological polar surface area (TPSA) is 63.6 Å². The number of aliphatic carboxylic acids is 1. The van der Waals surface area contributed by atoms with Gasteiger partial charge in [-0.2, -0.15) is 0 Å². The van der Waals surface area contributed by atoms with Gasteiger partial charge in [-0.05, 0) is 50.1 Å². The van der Waals surface area contributed by atoms with Crippen LogP contribution in [-0.4, -0.2) is 22.5 Å². The van der Waals surface area contributed by atoms with Gasteiger partial charge in [0.15, 0.2) is 11.4 Å². The number of hydrogen-bond acceptors (Lipinski definition) is 3. The molecule has 0 atom stereocenters. The molecular weight excluding hydrogens is 304 g/mol. The van der Waals surface area contributed by atoms with Crippen molar-refractivity contribution in [3.05, 3.63) is 64.7 Å². The Kier molecular flexibility index (Phi) is 2.72. The highest BCUT2D eigenvalue weighted by Crippen LogP contribution is 2.23. The molecule has 0 saturated heterocycles. The number of halogens is 1. The maximum absolute atomic E-state index is 12.5. The zero-order valence-corrected chi connectivity index (χ0v) is 11.9. The van der Waals surface area contributed by atoms with Gasteiger partial charge in [-0.1, -0.05) is 23.7 Å². The highest BCUT2D eigenvalue weighted by Gasteiger charge is 2.29. The van der Waals surface area contributed by atoms with E-state index in [1.54, 1.807) is 18.2 Å². The third kappa shape index (κ3) is 3.46. The molecule has 2 rings (SSSR count). The highest BCUT2D eigenvalue weighted by molar-refractivity contribution is 6.34. The third-order valence-electron chi connectivity index (χ3n) is 2.81. The summed E-state index contributed by atoms with van der Waals surface area (Å²) in [4.78, 5) is 24.1. The van der Waals surface area contributed by atoms with E-state index in [9.17, 15) is 14.7 Å². The third-order valence-corrected chi connectivity index (χ3v) is 3.14. The van der Waals surface area contributed by atoms with Crippen molar-refractivity contribution in [3.8, 4) is 5.75 Å². The number of carbonyl (C=O) groups excluding carboxylic acids is 1. The first-order valence-corrected chi connectivity index (χ1v) is 6.51. The molecule has 0 spiro atoms. The van der Waals surface area contributed by atoms with Crippen molar-refractivity contribution >= 4 is 23.4 Å². The van der Waals surface area contributed by atoms with Crippen LogP contribution in [0.5, 0.6) is 5.75 Å². The molecule has 0 aliphatic carbocycles. The minimum Gasteiger partial charge on any atom is -0.478 e. The summed E-state index contributed by atoms with van der Waals surface area (Å²) in [7, 11) is 0. The van der Waals surface area contributed by atoms with Gasteiger partial charge >= 0.3 is 5.97 Å². The second kappa shape index (κ2) is 6.20. The van der Waals surface area contributed by atoms with E-state index in [4.69, 9.17) is 24.6 Å². The van der Waals surface area contributed by atoms with Crippen LogP contribution in [0.4, 0.5) is 0 Å². The average Bonchev–Trinajstić information content (AvgIpc) is 2.57. The van der Waals surface area contributed by atoms with E-state index in [0.717, 1.165) is 12.1 Å². The lowest BCUT2D eigenvalue weighted by Crippen LogP contribution is -2.37. The molecule has 0 unspecified atom stereocenters. The molecule has 5 heteroatoms. The van der Waals surface area contributed by atoms with Gasteiger partial charge < -0.3 is 9.84 Å². The largest absolute Gasteiger partial charge is 0.478 e. The predicted molar refractivity (Wildman–Crippen MR) is 83.7 cm³/mol. The fourth-order valence-electron chi connectivity index (χ4n) is 1.70. The van der Waals surface area contributed by atoms with Gasteiger partial charge in [0.25, 0.3) is 0 Å². The summed E-state index contributed by atoms with van der Waals surface area (Å²) in [6.07, 6.45) is 0. The summed E-state index contributed by atoms with van der Waals surface area (Å²) in [6.45, 7) is -6.98. The summed E-state index contributed by atoms with van der Waals surface area (Å²) >= 11 is 5.99. The van der Waals surface area contributed by atoms with Crippen molar-refractivity contribution in [1.29, 1.82) is 0 Å². The van der Waals surface area contributed by atoms with Crippen LogP contribution in [0.15, 0.2) is 48.5 Å². The Labute approximate surface area is 141 Å². The predicted octanol–water partition coefficient (Wildman–Crippen LogP) is 3.81. The first-order valence-electron chi connectivity index (χ1n) is 9.13. The molecule has 0 aliphatic rings. The van der Waals surface area contributed by atoms with E-state index in [2.05, 4.69) is 0 Å². The van der Waals surface area contributed by atoms with Crippen molar-refractivity contribution in [2.45, 2.75) is 19.3 Å². The van der Waals surface area contributed by atoms with E-state index < -0.39 is 31.1 Å². The molecule has 0 fully saturated rings. The molecule has 0 saturated carbocycles. The van der Waals surface area contributed by atoms with Crippen molar-refractivity contribution in [2.24, 2.45) is 0 Å². The van der Waals surface area contributed by atoms with Gasteiger partial charge in [-0.3, -0.25) is 4.79 Å². The van der Waals surface area contributed by atoms with Crippen molar-refractivity contribution < 1.29 is 27.7 Å². The number of carbonyl (C=O) groups is 2. The zero-order valence-electron chi connectivity index (χ0n) is 17.2.